The third-order valence-electron chi connectivity index (χ3n) is 2.81. The SMILES string of the molecule is Cc1nc(CNC(=O)Cc2ccccc2O)sc1C(=O)O. The molecule has 1 aromatic carbocycles. The molecule has 0 saturated heterocycles. The number of nitrogens with zero attached hydrogens (tertiary/aromatic N) is 1. The molecule has 1 amide bonds. The summed E-state index contributed by atoms with van der Waals surface area (Å²) in [7, 11) is 0. The van der Waals surface area contributed by atoms with Gasteiger partial charge in [-0.25, -0.2) is 9.78 Å². The van der Waals surface area contributed by atoms with Gasteiger partial charge in [0.1, 0.15) is 15.6 Å². The number of hydrogen-bond acceptors (Lipinski definition) is 5. The van der Waals surface area contributed by atoms with E-state index >= 15 is 0 Å². The highest BCUT2D eigenvalue weighted by Crippen LogP contribution is 2.18. The number of aromatic nitrogens is 1. The van der Waals surface area contributed by atoms with Gasteiger partial charge in [0.15, 0.2) is 0 Å². The molecule has 3 N–H and O–H groups in total. The van der Waals surface area contributed by atoms with Crippen LogP contribution in [0.2, 0.25) is 0 Å². The molecule has 0 aliphatic rings. The average Bonchev–Trinajstić information content (AvgIpc) is 2.80. The maximum Gasteiger partial charge on any atom is 0.347 e. The van der Waals surface area contributed by atoms with Gasteiger partial charge in [0.05, 0.1) is 18.7 Å². The van der Waals surface area contributed by atoms with Crippen molar-refractivity contribution >= 4 is 23.2 Å². The quantitative estimate of drug-likeness (QED) is 0.781. The van der Waals surface area contributed by atoms with Crippen LogP contribution in [0.1, 0.15) is 25.9 Å². The van der Waals surface area contributed by atoms with Crippen molar-refractivity contribution in [3.8, 4) is 5.75 Å². The number of carbonyl (C=O) groups is 2. The van der Waals surface area contributed by atoms with Crippen LogP contribution in [-0.2, 0) is 17.8 Å². The molecule has 1 aromatic heterocycles. The summed E-state index contributed by atoms with van der Waals surface area (Å²) in [5.74, 6) is -1.20. The second kappa shape index (κ2) is 6.36. The van der Waals surface area contributed by atoms with Gasteiger partial charge in [0.2, 0.25) is 5.91 Å². The number of carboxylic acids is 1. The van der Waals surface area contributed by atoms with Gasteiger partial charge >= 0.3 is 5.97 Å². The van der Waals surface area contributed by atoms with Crippen LogP contribution in [0.5, 0.6) is 5.75 Å². The molecule has 6 nitrogen and oxygen atoms in total. The van der Waals surface area contributed by atoms with Gasteiger partial charge in [0, 0.05) is 5.56 Å². The Bertz CT molecular complexity index is 681. The predicted molar refractivity (Wildman–Crippen MR) is 77.5 cm³/mol. The van der Waals surface area contributed by atoms with E-state index in [1.165, 1.54) is 6.07 Å². The molecule has 110 valence electrons. The zero-order valence-corrected chi connectivity index (χ0v) is 12.1. The molecule has 0 spiro atoms. The van der Waals surface area contributed by atoms with Crippen molar-refractivity contribution in [1.29, 1.82) is 0 Å². The molecule has 0 atom stereocenters. The molecular formula is C14H14N2O4S. The number of para-hydroxylation sites is 1. The molecule has 0 aliphatic heterocycles. The lowest BCUT2D eigenvalue weighted by molar-refractivity contribution is -0.120. The third-order valence-corrected chi connectivity index (χ3v) is 3.96. The fourth-order valence-corrected chi connectivity index (χ4v) is 2.64. The standard InChI is InChI=1S/C14H14N2O4S/c1-8-13(14(19)20)21-12(16-8)7-15-11(18)6-9-4-2-3-5-10(9)17/h2-5,17H,6-7H2,1H3,(H,15,18)(H,19,20). The number of rotatable bonds is 5. The lowest BCUT2D eigenvalue weighted by Crippen LogP contribution is -2.24. The normalized spacial score (nSPS) is 10.3. The van der Waals surface area contributed by atoms with Crippen LogP contribution in [0.15, 0.2) is 24.3 Å². The first-order chi connectivity index (χ1) is 9.97. The zero-order chi connectivity index (χ0) is 15.4. The maximum atomic E-state index is 11.8. The molecule has 0 fully saturated rings. The van der Waals surface area contributed by atoms with E-state index in [0.717, 1.165) is 11.3 Å². The highest BCUT2D eigenvalue weighted by molar-refractivity contribution is 7.13. The molecule has 0 unspecified atom stereocenters. The molecule has 7 heteroatoms. The number of nitrogens with one attached hydrogen (secondary N) is 1. The molecule has 0 bridgehead atoms. The zero-order valence-electron chi connectivity index (χ0n) is 11.3. The topological polar surface area (TPSA) is 99.5 Å². The Kier molecular flexibility index (Phi) is 4.54. The fraction of sp³-hybridized carbons (Fsp3) is 0.214. The van der Waals surface area contributed by atoms with Crippen molar-refractivity contribution in [2.24, 2.45) is 0 Å². The largest absolute Gasteiger partial charge is 0.508 e. The fourth-order valence-electron chi connectivity index (χ4n) is 1.80. The number of carbonyl (C=O) groups excluding carboxylic acids is 1. The average molecular weight is 306 g/mol. The van der Waals surface area contributed by atoms with Crippen molar-refractivity contribution in [2.75, 3.05) is 0 Å². The van der Waals surface area contributed by atoms with Crippen molar-refractivity contribution in [3.05, 3.63) is 45.4 Å². The van der Waals surface area contributed by atoms with Crippen molar-refractivity contribution in [2.45, 2.75) is 19.9 Å². The summed E-state index contributed by atoms with van der Waals surface area (Å²) in [6.45, 7) is 1.79. The lowest BCUT2D eigenvalue weighted by atomic mass is 10.1. The number of benzene rings is 1. The molecule has 21 heavy (non-hydrogen) atoms. The van der Waals surface area contributed by atoms with Gasteiger partial charge in [-0.05, 0) is 13.0 Å². The number of carboxylic acid groups (broad SMARTS) is 1. The first-order valence-corrected chi connectivity index (χ1v) is 7.02. The minimum Gasteiger partial charge on any atom is -0.508 e. The summed E-state index contributed by atoms with van der Waals surface area (Å²) in [5, 5.41) is 21.7. The van der Waals surface area contributed by atoms with Crippen LogP contribution < -0.4 is 5.32 Å². The number of aryl methyl sites for hydroxylation is 1. The van der Waals surface area contributed by atoms with Crippen molar-refractivity contribution in [1.82, 2.24) is 10.3 Å². The maximum absolute atomic E-state index is 11.8. The predicted octanol–water partition coefficient (Wildman–Crippen LogP) is 1.71. The molecule has 0 radical (unpaired) electrons. The number of amides is 1. The monoisotopic (exact) mass is 306 g/mol. The summed E-state index contributed by atoms with van der Waals surface area (Å²) >= 11 is 1.04. The first-order valence-electron chi connectivity index (χ1n) is 6.20. The Morgan fingerprint density at radius 1 is 1.33 bits per heavy atom. The van der Waals surface area contributed by atoms with Crippen LogP contribution in [0, 0.1) is 6.92 Å². The molecule has 2 aromatic rings. The highest BCUT2D eigenvalue weighted by Gasteiger charge is 2.14. The Hall–Kier alpha value is -2.41. The van der Waals surface area contributed by atoms with Crippen molar-refractivity contribution < 1.29 is 19.8 Å². The number of aromatic hydroxyl groups is 1. The van der Waals surface area contributed by atoms with E-state index in [0.29, 0.717) is 16.3 Å². The number of aromatic carboxylic acids is 1. The second-order valence-electron chi connectivity index (χ2n) is 4.41. The lowest BCUT2D eigenvalue weighted by Gasteiger charge is -2.05. The minimum absolute atomic E-state index is 0.0584. The van der Waals surface area contributed by atoms with Crippen LogP contribution in [0.3, 0.4) is 0 Å². The van der Waals surface area contributed by atoms with Crippen molar-refractivity contribution in [3.63, 3.8) is 0 Å². The Labute approximate surface area is 125 Å². The van der Waals surface area contributed by atoms with Crippen LogP contribution in [0.25, 0.3) is 0 Å². The van der Waals surface area contributed by atoms with Gasteiger partial charge in [0.25, 0.3) is 0 Å². The van der Waals surface area contributed by atoms with Gasteiger partial charge in [-0.2, -0.15) is 0 Å². The van der Waals surface area contributed by atoms with Crippen LogP contribution in [-0.4, -0.2) is 27.1 Å². The second-order valence-corrected chi connectivity index (χ2v) is 5.49. The van der Waals surface area contributed by atoms with E-state index < -0.39 is 5.97 Å². The Balaban J connectivity index is 1.94. The third kappa shape index (κ3) is 3.79. The Morgan fingerprint density at radius 2 is 2.05 bits per heavy atom. The number of phenolic OH excluding ortho intramolecular Hbond substituents is 1. The molecular weight excluding hydrogens is 292 g/mol. The smallest absolute Gasteiger partial charge is 0.347 e. The van der Waals surface area contributed by atoms with Gasteiger partial charge in [-0.3, -0.25) is 4.79 Å². The van der Waals surface area contributed by atoms with E-state index in [2.05, 4.69) is 10.3 Å². The minimum atomic E-state index is -1.02. The van der Waals surface area contributed by atoms with E-state index in [1.54, 1.807) is 25.1 Å². The molecule has 2 rings (SSSR count). The van der Waals surface area contributed by atoms with E-state index in [-0.39, 0.29) is 29.5 Å². The number of hydrogen-bond donors (Lipinski definition) is 3. The Morgan fingerprint density at radius 3 is 2.67 bits per heavy atom. The molecule has 0 saturated carbocycles. The highest BCUT2D eigenvalue weighted by atomic mass is 32.1. The van der Waals surface area contributed by atoms with Gasteiger partial charge in [-0.15, -0.1) is 11.3 Å². The summed E-state index contributed by atoms with van der Waals surface area (Å²) < 4.78 is 0. The van der Waals surface area contributed by atoms with Crippen LogP contribution in [0.4, 0.5) is 0 Å². The van der Waals surface area contributed by atoms with Gasteiger partial charge < -0.3 is 15.5 Å². The summed E-state index contributed by atoms with van der Waals surface area (Å²) in [5.41, 5.74) is 0.981. The number of thiazole rings is 1. The molecule has 0 aliphatic carbocycles. The summed E-state index contributed by atoms with van der Waals surface area (Å²) in [6, 6.07) is 6.62. The summed E-state index contributed by atoms with van der Waals surface area (Å²) in [4.78, 5) is 27.0. The van der Waals surface area contributed by atoms with E-state index in [1.807, 2.05) is 0 Å². The first kappa shape index (κ1) is 15.0. The van der Waals surface area contributed by atoms with Crippen LogP contribution >= 0.6 is 11.3 Å². The van der Waals surface area contributed by atoms with E-state index in [4.69, 9.17) is 5.11 Å². The number of phenols is 1. The molecule has 1 heterocycles. The summed E-state index contributed by atoms with van der Waals surface area (Å²) in [6.07, 6.45) is 0.0584. The van der Waals surface area contributed by atoms with E-state index in [9.17, 15) is 14.7 Å². The van der Waals surface area contributed by atoms with Gasteiger partial charge in [-0.1, -0.05) is 18.2 Å².